The van der Waals surface area contributed by atoms with Gasteiger partial charge in [0.15, 0.2) is 0 Å². The molecule has 2 aliphatic carbocycles. The van der Waals surface area contributed by atoms with Crippen molar-refractivity contribution >= 4 is 28.0 Å². The van der Waals surface area contributed by atoms with Crippen molar-refractivity contribution in [3.63, 3.8) is 0 Å². The molecule has 3 heteroatoms. The minimum atomic E-state index is -2.87. The fourth-order valence-corrected chi connectivity index (χ4v) is 19.5. The zero-order valence-electron chi connectivity index (χ0n) is 40.0. The Morgan fingerprint density at radius 1 is 0.516 bits per heavy atom. The summed E-state index contributed by atoms with van der Waals surface area (Å²) in [5, 5.41) is 0. The molecule has 8 rings (SSSR count). The van der Waals surface area contributed by atoms with E-state index in [0.717, 1.165) is 32.1 Å². The number of benzene rings is 6. The van der Waals surface area contributed by atoms with Gasteiger partial charge in [0, 0.05) is 0 Å². The van der Waals surface area contributed by atoms with Crippen LogP contribution in [0.25, 0.3) is 33.4 Å². The summed E-state index contributed by atoms with van der Waals surface area (Å²) < 4.78 is 3.85. The van der Waals surface area contributed by atoms with Crippen molar-refractivity contribution in [1.82, 2.24) is 0 Å². The molecule has 0 fully saturated rings. The predicted molar refractivity (Wildman–Crippen MR) is 281 cm³/mol. The summed E-state index contributed by atoms with van der Waals surface area (Å²) in [5.74, 6) is 1.14. The fraction of sp³-hybridized carbons (Fsp3) is 0.328. The minimum absolute atomic E-state index is 0. The minimum Gasteiger partial charge on any atom is -0.147 e. The quantitative estimate of drug-likeness (QED) is 0.115. The van der Waals surface area contributed by atoms with Gasteiger partial charge >= 0.3 is 385 Å². The number of allylic oxidation sites excluding steroid dienone is 4. The molecular weight excluding hydrogens is 895 g/mol. The Kier molecular flexibility index (Phi) is 16.1. The molecule has 2 aliphatic rings. The first-order valence-electron chi connectivity index (χ1n) is 23.4. The average molecular weight is 965 g/mol. The van der Waals surface area contributed by atoms with Crippen LogP contribution in [0.4, 0.5) is 0 Å². The van der Waals surface area contributed by atoms with Crippen molar-refractivity contribution in [2.24, 2.45) is 11.8 Å². The molecule has 6 aromatic carbocycles. The van der Waals surface area contributed by atoms with Crippen LogP contribution in [-0.4, -0.2) is 3.21 Å². The van der Waals surface area contributed by atoms with E-state index < -0.39 is 21.3 Å². The maximum absolute atomic E-state index is 2.87. The Labute approximate surface area is 406 Å². The van der Waals surface area contributed by atoms with Crippen LogP contribution < -0.4 is 0 Å². The molecule has 0 aromatic heterocycles. The van der Waals surface area contributed by atoms with E-state index in [4.69, 9.17) is 0 Å². The molecule has 0 nitrogen and oxygen atoms in total. The summed E-state index contributed by atoms with van der Waals surface area (Å²) in [6.45, 7) is 24.0. The first-order valence-corrected chi connectivity index (χ1v) is 27.2. The molecule has 0 spiro atoms. The molecule has 0 saturated carbocycles. The van der Waals surface area contributed by atoms with Gasteiger partial charge in [-0.05, 0) is 0 Å². The summed E-state index contributed by atoms with van der Waals surface area (Å²) >= 11 is -2.87. The van der Waals surface area contributed by atoms with Crippen molar-refractivity contribution in [3.8, 4) is 33.4 Å². The maximum atomic E-state index is 2.73. The Hall–Kier alpha value is -3.87. The molecule has 0 unspecified atom stereocenters. The third-order valence-corrected chi connectivity index (χ3v) is 21.4. The summed E-state index contributed by atoms with van der Waals surface area (Å²) in [6.07, 6.45) is 12.6. The van der Waals surface area contributed by atoms with Crippen LogP contribution >= 0.6 is 24.8 Å². The molecule has 6 aromatic rings. The van der Waals surface area contributed by atoms with Crippen molar-refractivity contribution in [2.45, 2.75) is 116 Å². The van der Waals surface area contributed by atoms with E-state index in [1.165, 1.54) is 66.8 Å². The maximum Gasteiger partial charge on any atom is -0.147 e. The monoisotopic (exact) mass is 962 g/mol. The van der Waals surface area contributed by atoms with Crippen molar-refractivity contribution in [2.75, 3.05) is 0 Å². The fourth-order valence-electron chi connectivity index (χ4n) is 10.3. The second-order valence-electron chi connectivity index (χ2n) is 21.1. The molecule has 332 valence electrons. The predicted octanol–water partition coefficient (Wildman–Crippen LogP) is 17.0. The summed E-state index contributed by atoms with van der Waals surface area (Å²) in [6, 6.07) is 52.2. The normalized spacial score (nSPS) is 13.3. The second kappa shape index (κ2) is 20.8. The van der Waals surface area contributed by atoms with Crippen molar-refractivity contribution < 1.29 is 21.3 Å². The van der Waals surface area contributed by atoms with Crippen LogP contribution in [0, 0.1) is 11.8 Å². The van der Waals surface area contributed by atoms with Crippen LogP contribution in [0.15, 0.2) is 155 Å². The third kappa shape index (κ3) is 10.7. The van der Waals surface area contributed by atoms with Crippen molar-refractivity contribution in [3.05, 3.63) is 199 Å². The molecule has 0 aliphatic heterocycles. The Bertz CT molecular complexity index is 2500. The summed E-state index contributed by atoms with van der Waals surface area (Å²) in [4.78, 5) is 0. The molecule has 0 heterocycles. The van der Waals surface area contributed by atoms with Crippen molar-refractivity contribution in [1.29, 1.82) is 0 Å². The number of halogens is 2. The van der Waals surface area contributed by atoms with Crippen LogP contribution in [0.3, 0.4) is 0 Å². The van der Waals surface area contributed by atoms with Gasteiger partial charge < -0.3 is 0 Å². The van der Waals surface area contributed by atoms with Gasteiger partial charge in [-0.3, -0.25) is 0 Å². The van der Waals surface area contributed by atoms with E-state index >= 15 is 0 Å². The Morgan fingerprint density at radius 3 is 1.30 bits per heavy atom. The number of hydrogen-bond donors (Lipinski definition) is 0. The number of rotatable bonds is 12. The molecule has 64 heavy (non-hydrogen) atoms. The molecule has 0 N–H and O–H groups in total. The number of fused-ring (bicyclic) bond motifs is 3. The third-order valence-electron chi connectivity index (χ3n) is 13.1. The van der Waals surface area contributed by atoms with Crippen LogP contribution in [0.1, 0.15) is 124 Å². The molecule has 0 radical (unpaired) electrons. The molecule has 0 bridgehead atoms. The van der Waals surface area contributed by atoms with E-state index in [-0.39, 0.29) is 35.6 Å². The van der Waals surface area contributed by atoms with Crippen LogP contribution in [0.2, 0.25) is 0 Å². The van der Waals surface area contributed by atoms with Gasteiger partial charge in [-0.15, -0.1) is 24.8 Å². The zero-order chi connectivity index (χ0) is 43.8. The largest absolute Gasteiger partial charge is 0.147 e. The number of hydrogen-bond acceptors (Lipinski definition) is 0. The van der Waals surface area contributed by atoms with Gasteiger partial charge in [-0.1, -0.05) is 0 Å². The van der Waals surface area contributed by atoms with Gasteiger partial charge in [-0.2, -0.15) is 0 Å². The molecule has 0 atom stereocenters. The Morgan fingerprint density at radius 2 is 0.922 bits per heavy atom. The SMILES string of the molecule is CC(C)Cc1ccccc1-c1cc2c(cc1C(C)(C)C)-c1cc(C(C)(C)C)c(-c3ccccc3CC(C)C)cc1[CH]2[Zr]([C]1=CC=CC1)=[C](Cc1ccccc1)Cc1ccccc1.Cl.Cl. The Balaban J connectivity index is 0.00000340. The summed E-state index contributed by atoms with van der Waals surface area (Å²) in [5.41, 5.74) is 20.3. The zero-order valence-corrected chi connectivity index (χ0v) is 44.1. The standard InChI is InChI=1S/C41H49.C15H14.C5H5.2ClH.Zr/c1-26(2)19-28-15-11-13-17-32(28)36-22-30-21-31-23-37(33-18-14-12-16-29(33)20-27(3)4)39(41(8,9)10)25-35(31)34(30)24-38(36)40(5,6)7;1-3-8-14(9-4-1)12-7-13-15-10-5-2-6-11-15;1-2-4-5-3-1;;;/h11-18,21-27H,19-20H2,1-10H3;1-6,8-11H,12-13H2;1-3H,4H2;2*1H;. The van der Waals surface area contributed by atoms with E-state index in [0.29, 0.717) is 15.5 Å². The topological polar surface area (TPSA) is 0 Å². The van der Waals surface area contributed by atoms with E-state index in [1.54, 1.807) is 17.6 Å². The van der Waals surface area contributed by atoms with E-state index in [2.05, 4.69) is 221 Å². The van der Waals surface area contributed by atoms with Crippen LogP contribution in [-0.2, 0) is 57.8 Å². The van der Waals surface area contributed by atoms with Crippen LogP contribution in [0.5, 0.6) is 0 Å². The first kappa shape index (κ1) is 49.6. The van der Waals surface area contributed by atoms with E-state index in [9.17, 15) is 0 Å². The van der Waals surface area contributed by atoms with Gasteiger partial charge in [-0.25, -0.2) is 0 Å². The first-order chi connectivity index (χ1) is 29.7. The second-order valence-corrected chi connectivity index (χ2v) is 27.8. The van der Waals surface area contributed by atoms with Gasteiger partial charge in [0.2, 0.25) is 0 Å². The summed E-state index contributed by atoms with van der Waals surface area (Å²) in [7, 11) is 0. The molecule has 0 amide bonds. The van der Waals surface area contributed by atoms with E-state index in [1.807, 2.05) is 0 Å². The smallest absolute Gasteiger partial charge is 0.147 e. The van der Waals surface area contributed by atoms with Gasteiger partial charge in [0.25, 0.3) is 0 Å². The molecule has 0 saturated heterocycles. The van der Waals surface area contributed by atoms with Gasteiger partial charge in [0.1, 0.15) is 0 Å². The molecular formula is C61H70Cl2Zr. The van der Waals surface area contributed by atoms with Gasteiger partial charge in [0.05, 0.1) is 0 Å². The average Bonchev–Trinajstić information content (AvgIpc) is 3.87.